The Balaban J connectivity index is 2.41. The number of aromatic nitrogens is 1. The zero-order chi connectivity index (χ0) is 10.4. The highest BCUT2D eigenvalue weighted by molar-refractivity contribution is 9.10. The second-order valence-corrected chi connectivity index (χ2v) is 5.01. The minimum atomic E-state index is 0.277. The molecule has 14 heavy (non-hydrogen) atoms. The van der Waals surface area contributed by atoms with Crippen LogP contribution in [0.2, 0.25) is 0 Å². The molecule has 0 bridgehead atoms. The molecule has 0 amide bonds. The lowest BCUT2D eigenvalue weighted by Crippen LogP contribution is -2.22. The fourth-order valence-corrected chi connectivity index (χ4v) is 2.60. The summed E-state index contributed by atoms with van der Waals surface area (Å²) in [5.41, 5.74) is 5.92. The highest BCUT2D eigenvalue weighted by Gasteiger charge is 2.05. The third-order valence-corrected chi connectivity index (χ3v) is 3.91. The van der Waals surface area contributed by atoms with Crippen LogP contribution in [-0.4, -0.2) is 16.8 Å². The van der Waals surface area contributed by atoms with E-state index in [4.69, 9.17) is 5.73 Å². The summed E-state index contributed by atoms with van der Waals surface area (Å²) in [6, 6.07) is 4.19. The normalized spacial score (nSPS) is 12.8. The first kappa shape index (κ1) is 12.0. The van der Waals surface area contributed by atoms with E-state index in [1.807, 2.05) is 12.1 Å². The van der Waals surface area contributed by atoms with E-state index in [2.05, 4.69) is 27.8 Å². The summed E-state index contributed by atoms with van der Waals surface area (Å²) in [4.78, 5) is 4.27. The molecular weight excluding hydrogens is 260 g/mol. The van der Waals surface area contributed by atoms with E-state index in [0.717, 1.165) is 28.1 Å². The standard InChI is InChI=1S/C10H15BrN2S/c1-2-4-8(12)7-14-10-9(11)5-3-6-13-10/h3,5-6,8H,2,4,7,12H2,1H3. The summed E-state index contributed by atoms with van der Waals surface area (Å²) in [6.07, 6.45) is 4.03. The minimum absolute atomic E-state index is 0.277. The smallest absolute Gasteiger partial charge is 0.110 e. The summed E-state index contributed by atoms with van der Waals surface area (Å²) in [5.74, 6) is 0.934. The summed E-state index contributed by atoms with van der Waals surface area (Å²) >= 11 is 5.17. The lowest BCUT2D eigenvalue weighted by Gasteiger charge is -2.09. The third kappa shape index (κ3) is 3.98. The molecule has 4 heteroatoms. The summed E-state index contributed by atoms with van der Waals surface area (Å²) in [6.45, 7) is 2.15. The summed E-state index contributed by atoms with van der Waals surface area (Å²) in [7, 11) is 0. The van der Waals surface area contributed by atoms with E-state index in [9.17, 15) is 0 Å². The van der Waals surface area contributed by atoms with Crippen molar-refractivity contribution in [3.05, 3.63) is 22.8 Å². The molecule has 1 aromatic heterocycles. The Morgan fingerprint density at radius 1 is 1.64 bits per heavy atom. The largest absolute Gasteiger partial charge is 0.327 e. The van der Waals surface area contributed by atoms with Crippen molar-refractivity contribution in [1.29, 1.82) is 0 Å². The number of thioether (sulfide) groups is 1. The Bertz CT molecular complexity index is 281. The highest BCUT2D eigenvalue weighted by Crippen LogP contribution is 2.25. The molecule has 0 saturated carbocycles. The maximum absolute atomic E-state index is 5.92. The van der Waals surface area contributed by atoms with Crippen LogP contribution in [0.15, 0.2) is 27.8 Å². The van der Waals surface area contributed by atoms with Crippen LogP contribution in [0.5, 0.6) is 0 Å². The van der Waals surface area contributed by atoms with Gasteiger partial charge in [0, 0.05) is 22.5 Å². The van der Waals surface area contributed by atoms with E-state index >= 15 is 0 Å². The average Bonchev–Trinajstić information content (AvgIpc) is 2.17. The molecule has 0 spiro atoms. The second-order valence-electron chi connectivity index (χ2n) is 3.15. The van der Waals surface area contributed by atoms with Gasteiger partial charge in [-0.1, -0.05) is 13.3 Å². The first-order chi connectivity index (χ1) is 6.74. The lowest BCUT2D eigenvalue weighted by atomic mass is 10.2. The van der Waals surface area contributed by atoms with Gasteiger partial charge >= 0.3 is 0 Å². The van der Waals surface area contributed by atoms with Gasteiger partial charge < -0.3 is 5.73 Å². The number of nitrogens with two attached hydrogens (primary N) is 1. The van der Waals surface area contributed by atoms with Gasteiger partial charge in [0.05, 0.1) is 0 Å². The Labute approximate surface area is 97.8 Å². The van der Waals surface area contributed by atoms with Gasteiger partial charge in [-0.05, 0) is 34.5 Å². The fourth-order valence-electron chi connectivity index (χ4n) is 1.12. The minimum Gasteiger partial charge on any atom is -0.327 e. The van der Waals surface area contributed by atoms with Crippen LogP contribution in [-0.2, 0) is 0 Å². The third-order valence-electron chi connectivity index (χ3n) is 1.82. The van der Waals surface area contributed by atoms with Crippen molar-refractivity contribution < 1.29 is 0 Å². The molecule has 0 aliphatic rings. The summed E-state index contributed by atoms with van der Waals surface area (Å²) in [5, 5.41) is 1.03. The average molecular weight is 275 g/mol. The zero-order valence-electron chi connectivity index (χ0n) is 8.24. The van der Waals surface area contributed by atoms with Gasteiger partial charge in [0.2, 0.25) is 0 Å². The molecular formula is C10H15BrN2S. The Kier molecular flexibility index (Phi) is 5.52. The van der Waals surface area contributed by atoms with Crippen LogP contribution in [0.1, 0.15) is 19.8 Å². The highest BCUT2D eigenvalue weighted by atomic mass is 79.9. The molecule has 0 saturated heterocycles. The molecule has 1 atom stereocenters. The molecule has 1 rings (SSSR count). The topological polar surface area (TPSA) is 38.9 Å². The molecule has 1 aromatic rings. The van der Waals surface area contributed by atoms with Gasteiger partial charge in [-0.2, -0.15) is 0 Å². The van der Waals surface area contributed by atoms with E-state index in [0.29, 0.717) is 0 Å². The van der Waals surface area contributed by atoms with Crippen molar-refractivity contribution in [3.63, 3.8) is 0 Å². The first-order valence-electron chi connectivity index (χ1n) is 4.73. The quantitative estimate of drug-likeness (QED) is 0.839. The summed E-state index contributed by atoms with van der Waals surface area (Å²) < 4.78 is 1.05. The molecule has 78 valence electrons. The zero-order valence-corrected chi connectivity index (χ0v) is 10.6. The van der Waals surface area contributed by atoms with E-state index in [1.54, 1.807) is 18.0 Å². The second kappa shape index (κ2) is 6.43. The molecule has 2 nitrogen and oxygen atoms in total. The molecule has 0 radical (unpaired) electrons. The van der Waals surface area contributed by atoms with E-state index < -0.39 is 0 Å². The molecule has 0 aromatic carbocycles. The van der Waals surface area contributed by atoms with Gasteiger partial charge in [0.15, 0.2) is 0 Å². The van der Waals surface area contributed by atoms with Gasteiger partial charge in [0.25, 0.3) is 0 Å². The molecule has 1 unspecified atom stereocenters. The van der Waals surface area contributed by atoms with Crippen molar-refractivity contribution in [2.45, 2.75) is 30.8 Å². The lowest BCUT2D eigenvalue weighted by molar-refractivity contribution is 0.660. The Hall–Kier alpha value is -0.0600. The van der Waals surface area contributed by atoms with Crippen LogP contribution in [0.4, 0.5) is 0 Å². The fraction of sp³-hybridized carbons (Fsp3) is 0.500. The van der Waals surface area contributed by atoms with Gasteiger partial charge in [-0.15, -0.1) is 11.8 Å². The number of rotatable bonds is 5. The molecule has 0 aliphatic carbocycles. The van der Waals surface area contributed by atoms with Crippen molar-refractivity contribution in [3.8, 4) is 0 Å². The first-order valence-corrected chi connectivity index (χ1v) is 6.50. The predicted octanol–water partition coefficient (Wildman–Crippen LogP) is 3.06. The van der Waals surface area contributed by atoms with Crippen molar-refractivity contribution >= 4 is 27.7 Å². The molecule has 2 N–H and O–H groups in total. The predicted molar refractivity (Wildman–Crippen MR) is 65.5 cm³/mol. The number of pyridine rings is 1. The maximum atomic E-state index is 5.92. The molecule has 1 heterocycles. The van der Waals surface area contributed by atoms with Crippen molar-refractivity contribution in [1.82, 2.24) is 4.98 Å². The van der Waals surface area contributed by atoms with Crippen LogP contribution in [0, 0.1) is 0 Å². The van der Waals surface area contributed by atoms with Crippen LogP contribution >= 0.6 is 27.7 Å². The Morgan fingerprint density at radius 2 is 2.43 bits per heavy atom. The van der Waals surface area contributed by atoms with Gasteiger partial charge in [-0.25, -0.2) is 4.98 Å². The number of hydrogen-bond acceptors (Lipinski definition) is 3. The van der Waals surface area contributed by atoms with Crippen LogP contribution in [0.25, 0.3) is 0 Å². The SMILES string of the molecule is CCCC(N)CSc1ncccc1Br. The van der Waals surface area contributed by atoms with Crippen molar-refractivity contribution in [2.75, 3.05) is 5.75 Å². The number of hydrogen-bond donors (Lipinski definition) is 1. The van der Waals surface area contributed by atoms with Gasteiger partial charge in [-0.3, -0.25) is 0 Å². The Morgan fingerprint density at radius 3 is 3.07 bits per heavy atom. The van der Waals surface area contributed by atoms with E-state index in [-0.39, 0.29) is 6.04 Å². The maximum Gasteiger partial charge on any atom is 0.110 e. The molecule has 0 aliphatic heterocycles. The van der Waals surface area contributed by atoms with Crippen LogP contribution < -0.4 is 5.73 Å². The van der Waals surface area contributed by atoms with Crippen LogP contribution in [0.3, 0.4) is 0 Å². The van der Waals surface area contributed by atoms with Crippen molar-refractivity contribution in [2.24, 2.45) is 5.73 Å². The molecule has 0 fully saturated rings. The number of nitrogens with zero attached hydrogens (tertiary/aromatic N) is 1. The van der Waals surface area contributed by atoms with E-state index in [1.165, 1.54) is 0 Å². The number of halogens is 1. The monoisotopic (exact) mass is 274 g/mol. The van der Waals surface area contributed by atoms with Gasteiger partial charge in [0.1, 0.15) is 5.03 Å².